The van der Waals surface area contributed by atoms with Gasteiger partial charge in [0.1, 0.15) is 11.3 Å². The Labute approximate surface area is 152 Å². The fraction of sp³-hybridized carbons (Fsp3) is 0.176. The van der Waals surface area contributed by atoms with Crippen molar-refractivity contribution < 1.29 is 9.21 Å². The minimum Gasteiger partial charge on any atom is -0.448 e. The first-order chi connectivity index (χ1) is 12.2. The number of hydrogen-bond donors (Lipinski definition) is 0. The van der Waals surface area contributed by atoms with Crippen molar-refractivity contribution in [3.63, 3.8) is 0 Å². The number of oxazole rings is 1. The molecular formula is C17H14N4O2S2. The normalized spacial score (nSPS) is 15.9. The van der Waals surface area contributed by atoms with Crippen molar-refractivity contribution in [3.05, 3.63) is 58.5 Å². The molecule has 6 nitrogen and oxygen atoms in total. The molecule has 0 bridgehead atoms. The zero-order valence-electron chi connectivity index (χ0n) is 13.4. The second kappa shape index (κ2) is 6.81. The minimum atomic E-state index is -0.143. The number of amides is 1. The molecule has 0 atom stereocenters. The third-order valence-corrected chi connectivity index (χ3v) is 5.55. The van der Waals surface area contributed by atoms with Crippen LogP contribution in [-0.2, 0) is 0 Å². The highest BCUT2D eigenvalue weighted by Gasteiger charge is 2.27. The van der Waals surface area contributed by atoms with Crippen LogP contribution < -0.4 is 0 Å². The van der Waals surface area contributed by atoms with E-state index in [0.717, 1.165) is 27.0 Å². The van der Waals surface area contributed by atoms with Crippen LogP contribution in [0.25, 0.3) is 16.6 Å². The molecule has 0 spiro atoms. The Kier molecular flexibility index (Phi) is 4.37. The second-order valence-electron chi connectivity index (χ2n) is 5.36. The van der Waals surface area contributed by atoms with Crippen molar-refractivity contribution in [1.29, 1.82) is 0 Å². The highest BCUT2D eigenvalue weighted by atomic mass is 32.2. The van der Waals surface area contributed by atoms with Crippen molar-refractivity contribution in [2.75, 3.05) is 12.3 Å². The SMILES string of the molecule is Cc1nc(C(=O)N2CCS/C2=C/c2csc(-c3cccnc3)n2)co1. The first kappa shape index (κ1) is 16.0. The molecule has 3 aromatic heterocycles. The Bertz CT molecular complexity index is 933. The largest absolute Gasteiger partial charge is 0.448 e. The average Bonchev–Trinajstić information content (AvgIpc) is 3.37. The maximum atomic E-state index is 12.6. The van der Waals surface area contributed by atoms with Gasteiger partial charge in [0.2, 0.25) is 0 Å². The number of aryl methyl sites for hydroxylation is 1. The van der Waals surface area contributed by atoms with Crippen molar-refractivity contribution >= 4 is 35.1 Å². The van der Waals surface area contributed by atoms with E-state index in [9.17, 15) is 4.79 Å². The van der Waals surface area contributed by atoms with E-state index in [4.69, 9.17) is 4.42 Å². The zero-order valence-corrected chi connectivity index (χ0v) is 15.0. The standard InChI is InChI=1S/C17H14N4O2S2/c1-11-19-14(9-23-11)17(22)21-5-6-24-15(21)7-13-10-25-16(20-13)12-3-2-4-18-8-12/h2-4,7-10H,5-6H2,1H3/b15-7+. The molecule has 8 heteroatoms. The molecule has 0 aromatic carbocycles. The zero-order chi connectivity index (χ0) is 17.2. The lowest BCUT2D eigenvalue weighted by Gasteiger charge is -2.14. The molecule has 0 aliphatic carbocycles. The monoisotopic (exact) mass is 370 g/mol. The van der Waals surface area contributed by atoms with Gasteiger partial charge in [0.15, 0.2) is 11.6 Å². The molecule has 1 aliphatic heterocycles. The van der Waals surface area contributed by atoms with Crippen LogP contribution in [0.5, 0.6) is 0 Å². The molecule has 1 fully saturated rings. The molecule has 4 heterocycles. The van der Waals surface area contributed by atoms with Gasteiger partial charge in [0, 0.05) is 42.6 Å². The summed E-state index contributed by atoms with van der Waals surface area (Å²) in [5.41, 5.74) is 2.16. The predicted molar refractivity (Wildman–Crippen MR) is 98.1 cm³/mol. The van der Waals surface area contributed by atoms with Crippen LogP contribution in [-0.4, -0.2) is 38.1 Å². The number of hydrogen-bond acceptors (Lipinski definition) is 7. The van der Waals surface area contributed by atoms with Crippen molar-refractivity contribution in [1.82, 2.24) is 19.9 Å². The Morgan fingerprint density at radius 2 is 2.32 bits per heavy atom. The summed E-state index contributed by atoms with van der Waals surface area (Å²) in [7, 11) is 0. The van der Waals surface area contributed by atoms with Crippen LogP contribution in [0, 0.1) is 6.92 Å². The number of thioether (sulfide) groups is 1. The fourth-order valence-electron chi connectivity index (χ4n) is 2.45. The van der Waals surface area contributed by atoms with E-state index in [1.807, 2.05) is 23.6 Å². The summed E-state index contributed by atoms with van der Waals surface area (Å²) >= 11 is 3.20. The fourth-order valence-corrected chi connectivity index (χ4v) is 4.24. The van der Waals surface area contributed by atoms with Crippen molar-refractivity contribution in [3.8, 4) is 10.6 Å². The molecule has 25 heavy (non-hydrogen) atoms. The predicted octanol–water partition coefficient (Wildman–Crippen LogP) is 3.69. The van der Waals surface area contributed by atoms with E-state index < -0.39 is 0 Å². The van der Waals surface area contributed by atoms with Gasteiger partial charge < -0.3 is 9.32 Å². The van der Waals surface area contributed by atoms with Gasteiger partial charge in [-0.25, -0.2) is 9.97 Å². The van der Waals surface area contributed by atoms with Crippen LogP contribution >= 0.6 is 23.1 Å². The lowest BCUT2D eigenvalue weighted by Crippen LogP contribution is -2.27. The van der Waals surface area contributed by atoms with Gasteiger partial charge in [0.25, 0.3) is 5.91 Å². The van der Waals surface area contributed by atoms with Gasteiger partial charge in [-0.15, -0.1) is 23.1 Å². The third-order valence-electron chi connectivity index (χ3n) is 3.62. The molecule has 0 saturated carbocycles. The summed E-state index contributed by atoms with van der Waals surface area (Å²) in [5.74, 6) is 1.20. The lowest BCUT2D eigenvalue weighted by molar-refractivity contribution is 0.0825. The van der Waals surface area contributed by atoms with E-state index in [2.05, 4.69) is 15.0 Å². The van der Waals surface area contributed by atoms with Crippen LogP contribution in [0.15, 0.2) is 45.6 Å². The number of pyridine rings is 1. The van der Waals surface area contributed by atoms with Gasteiger partial charge in [-0.3, -0.25) is 9.78 Å². The summed E-state index contributed by atoms with van der Waals surface area (Å²) in [5, 5.41) is 3.78. The average molecular weight is 370 g/mol. The highest BCUT2D eigenvalue weighted by molar-refractivity contribution is 8.03. The molecule has 3 aromatic rings. The number of thiazole rings is 1. The maximum Gasteiger partial charge on any atom is 0.280 e. The molecule has 126 valence electrons. The van der Waals surface area contributed by atoms with Gasteiger partial charge in [-0.2, -0.15) is 0 Å². The first-order valence-corrected chi connectivity index (χ1v) is 9.51. The van der Waals surface area contributed by atoms with Crippen molar-refractivity contribution in [2.45, 2.75) is 6.92 Å². The van der Waals surface area contributed by atoms with Crippen LogP contribution in [0.2, 0.25) is 0 Å². The summed E-state index contributed by atoms with van der Waals surface area (Å²) < 4.78 is 5.15. The Morgan fingerprint density at radius 3 is 3.08 bits per heavy atom. The van der Waals surface area contributed by atoms with Gasteiger partial charge >= 0.3 is 0 Å². The summed E-state index contributed by atoms with van der Waals surface area (Å²) in [6.07, 6.45) is 6.88. The number of aromatic nitrogens is 3. The lowest BCUT2D eigenvalue weighted by atomic mass is 10.3. The summed E-state index contributed by atoms with van der Waals surface area (Å²) in [6, 6.07) is 3.87. The van der Waals surface area contributed by atoms with E-state index in [-0.39, 0.29) is 5.91 Å². The van der Waals surface area contributed by atoms with E-state index in [1.54, 1.807) is 47.3 Å². The van der Waals surface area contributed by atoms with Crippen LogP contribution in [0.3, 0.4) is 0 Å². The van der Waals surface area contributed by atoms with Gasteiger partial charge in [-0.1, -0.05) is 0 Å². The van der Waals surface area contributed by atoms with Gasteiger partial charge in [-0.05, 0) is 18.2 Å². The Balaban J connectivity index is 1.58. The van der Waals surface area contributed by atoms with Crippen LogP contribution in [0.1, 0.15) is 22.1 Å². The van der Waals surface area contributed by atoms with Crippen LogP contribution in [0.4, 0.5) is 0 Å². The number of rotatable bonds is 3. The third kappa shape index (κ3) is 3.35. The summed E-state index contributed by atoms with van der Waals surface area (Å²) in [6.45, 7) is 2.38. The number of carbonyl (C=O) groups is 1. The molecule has 1 amide bonds. The Hall–Kier alpha value is -2.45. The molecular weight excluding hydrogens is 356 g/mol. The maximum absolute atomic E-state index is 12.6. The molecule has 1 saturated heterocycles. The molecule has 4 rings (SSSR count). The van der Waals surface area contributed by atoms with Crippen molar-refractivity contribution in [2.24, 2.45) is 0 Å². The van der Waals surface area contributed by atoms with E-state index in [0.29, 0.717) is 18.1 Å². The topological polar surface area (TPSA) is 72.1 Å². The molecule has 1 aliphatic rings. The smallest absolute Gasteiger partial charge is 0.280 e. The molecule has 0 unspecified atom stereocenters. The van der Waals surface area contributed by atoms with Gasteiger partial charge in [0.05, 0.1) is 10.7 Å². The second-order valence-corrected chi connectivity index (χ2v) is 7.33. The minimum absolute atomic E-state index is 0.143. The van der Waals surface area contributed by atoms with E-state index in [1.165, 1.54) is 6.26 Å². The van der Waals surface area contributed by atoms with E-state index >= 15 is 0 Å². The molecule has 0 radical (unpaired) electrons. The Morgan fingerprint density at radius 1 is 1.40 bits per heavy atom. The molecule has 0 N–H and O–H groups in total. The first-order valence-electron chi connectivity index (χ1n) is 7.65. The number of nitrogens with zero attached hydrogens (tertiary/aromatic N) is 4. The highest BCUT2D eigenvalue weighted by Crippen LogP contribution is 2.32. The summed E-state index contributed by atoms with van der Waals surface area (Å²) in [4.78, 5) is 27.2. The number of carbonyl (C=O) groups excluding carboxylic acids is 1. The quantitative estimate of drug-likeness (QED) is 0.700.